The van der Waals surface area contributed by atoms with E-state index in [0.29, 0.717) is 19.3 Å². The van der Waals surface area contributed by atoms with Crippen LogP contribution >= 0.6 is 0 Å². The first-order valence-corrected chi connectivity index (χ1v) is 5.99. The topological polar surface area (TPSA) is 72.5 Å². The van der Waals surface area contributed by atoms with Crippen molar-refractivity contribution in [2.45, 2.75) is 51.7 Å². The van der Waals surface area contributed by atoms with Crippen molar-refractivity contribution in [3.63, 3.8) is 0 Å². The smallest absolute Gasteiger partial charge is 0.302 e. The van der Waals surface area contributed by atoms with E-state index >= 15 is 0 Å². The van der Waals surface area contributed by atoms with E-state index < -0.39 is 6.04 Å². The molecule has 1 aliphatic carbocycles. The summed E-state index contributed by atoms with van der Waals surface area (Å²) < 4.78 is 5.06. The second-order valence-corrected chi connectivity index (χ2v) is 4.40. The van der Waals surface area contributed by atoms with Crippen molar-refractivity contribution in [3.8, 4) is 0 Å². The highest BCUT2D eigenvalue weighted by molar-refractivity contribution is 5.82. The van der Waals surface area contributed by atoms with E-state index in [-0.39, 0.29) is 23.9 Å². The van der Waals surface area contributed by atoms with Crippen LogP contribution in [0.1, 0.15) is 39.5 Å². The molecule has 0 saturated heterocycles. The Kier molecular flexibility index (Phi) is 5.12. The third-order valence-corrected chi connectivity index (χ3v) is 3.02. The Hall–Kier alpha value is -1.39. The van der Waals surface area contributed by atoms with Gasteiger partial charge in [0.05, 0.1) is 6.04 Å². The van der Waals surface area contributed by atoms with Crippen molar-refractivity contribution in [1.29, 1.82) is 0 Å². The Morgan fingerprint density at radius 2 is 2.18 bits per heavy atom. The van der Waals surface area contributed by atoms with Crippen LogP contribution in [0.3, 0.4) is 0 Å². The van der Waals surface area contributed by atoms with Crippen LogP contribution in [0.15, 0.2) is 0 Å². The second kappa shape index (κ2) is 6.37. The molecule has 1 N–H and O–H groups in total. The molecule has 0 spiro atoms. The van der Waals surface area contributed by atoms with Gasteiger partial charge in [0, 0.05) is 12.8 Å². The summed E-state index contributed by atoms with van der Waals surface area (Å²) in [6, 6.07) is -0.407. The van der Waals surface area contributed by atoms with Crippen molar-refractivity contribution in [3.05, 3.63) is 0 Å². The number of carbonyl (C=O) groups is 3. The standard InChI is InChI=1S/C12H19NO4/c1-3-10(7-14)13-12(16)9-4-5-11(6-9)17-8(2)15/h7,9-11H,3-6H2,1-2H3,(H,13,16)/t9-,10-,11-/m0/s1. The van der Waals surface area contributed by atoms with E-state index in [0.717, 1.165) is 12.7 Å². The first-order chi connectivity index (χ1) is 8.06. The van der Waals surface area contributed by atoms with Gasteiger partial charge in [-0.15, -0.1) is 0 Å². The molecule has 1 fully saturated rings. The number of rotatable bonds is 5. The predicted octanol–water partition coefficient (Wildman–Crippen LogP) is 0.812. The molecule has 0 unspecified atom stereocenters. The molecule has 1 aliphatic rings. The summed E-state index contributed by atoms with van der Waals surface area (Å²) >= 11 is 0. The van der Waals surface area contributed by atoms with Gasteiger partial charge in [-0.25, -0.2) is 0 Å². The molecule has 96 valence electrons. The fraction of sp³-hybridized carbons (Fsp3) is 0.750. The summed E-state index contributed by atoms with van der Waals surface area (Å²) in [5.74, 6) is -0.567. The molecule has 17 heavy (non-hydrogen) atoms. The molecule has 0 aliphatic heterocycles. The summed E-state index contributed by atoms with van der Waals surface area (Å²) in [6.07, 6.45) is 3.17. The van der Waals surface area contributed by atoms with Gasteiger partial charge in [0.15, 0.2) is 0 Å². The highest BCUT2D eigenvalue weighted by Crippen LogP contribution is 2.28. The highest BCUT2D eigenvalue weighted by atomic mass is 16.5. The molecule has 0 heterocycles. The van der Waals surface area contributed by atoms with Crippen molar-refractivity contribution in [1.82, 2.24) is 5.32 Å². The minimum Gasteiger partial charge on any atom is -0.463 e. The summed E-state index contributed by atoms with van der Waals surface area (Å²) in [5, 5.41) is 2.68. The molecule has 1 rings (SSSR count). The zero-order chi connectivity index (χ0) is 12.8. The van der Waals surface area contributed by atoms with E-state index in [1.807, 2.05) is 6.92 Å². The van der Waals surface area contributed by atoms with Gasteiger partial charge in [-0.1, -0.05) is 6.92 Å². The van der Waals surface area contributed by atoms with Crippen LogP contribution in [0.2, 0.25) is 0 Å². The molecular formula is C12H19NO4. The lowest BCUT2D eigenvalue weighted by Crippen LogP contribution is -2.39. The van der Waals surface area contributed by atoms with Gasteiger partial charge in [0.2, 0.25) is 5.91 Å². The Morgan fingerprint density at radius 1 is 1.47 bits per heavy atom. The maximum Gasteiger partial charge on any atom is 0.302 e. The summed E-state index contributed by atoms with van der Waals surface area (Å²) in [7, 11) is 0. The van der Waals surface area contributed by atoms with Crippen LogP contribution < -0.4 is 5.32 Å². The van der Waals surface area contributed by atoms with E-state index in [4.69, 9.17) is 4.74 Å². The zero-order valence-electron chi connectivity index (χ0n) is 10.3. The summed E-state index contributed by atoms with van der Waals surface area (Å²) in [6.45, 7) is 3.21. The lowest BCUT2D eigenvalue weighted by Gasteiger charge is -2.15. The number of carbonyl (C=O) groups excluding carboxylic acids is 3. The molecular weight excluding hydrogens is 222 g/mol. The lowest BCUT2D eigenvalue weighted by atomic mass is 10.1. The minimum atomic E-state index is -0.407. The fourth-order valence-corrected chi connectivity index (χ4v) is 2.05. The van der Waals surface area contributed by atoms with E-state index in [9.17, 15) is 14.4 Å². The molecule has 0 bridgehead atoms. The van der Waals surface area contributed by atoms with E-state index in [2.05, 4.69) is 5.32 Å². The van der Waals surface area contributed by atoms with Crippen molar-refractivity contribution >= 4 is 18.2 Å². The highest BCUT2D eigenvalue weighted by Gasteiger charge is 2.32. The van der Waals surface area contributed by atoms with Gasteiger partial charge in [0.1, 0.15) is 12.4 Å². The zero-order valence-corrected chi connectivity index (χ0v) is 10.3. The van der Waals surface area contributed by atoms with Gasteiger partial charge in [-0.3, -0.25) is 9.59 Å². The van der Waals surface area contributed by atoms with Crippen LogP contribution in [0.25, 0.3) is 0 Å². The second-order valence-electron chi connectivity index (χ2n) is 4.40. The molecule has 1 saturated carbocycles. The third kappa shape index (κ3) is 4.17. The van der Waals surface area contributed by atoms with Gasteiger partial charge < -0.3 is 14.8 Å². The first-order valence-electron chi connectivity index (χ1n) is 5.99. The monoisotopic (exact) mass is 241 g/mol. The predicted molar refractivity (Wildman–Crippen MR) is 61.2 cm³/mol. The Bertz CT molecular complexity index is 303. The van der Waals surface area contributed by atoms with Crippen LogP contribution in [-0.4, -0.2) is 30.3 Å². The molecule has 0 aromatic heterocycles. The molecule has 5 nitrogen and oxygen atoms in total. The van der Waals surface area contributed by atoms with E-state index in [1.165, 1.54) is 6.92 Å². The minimum absolute atomic E-state index is 0.112. The lowest BCUT2D eigenvalue weighted by molar-refractivity contribution is -0.146. The van der Waals surface area contributed by atoms with Gasteiger partial charge in [-0.05, 0) is 25.7 Å². The summed E-state index contributed by atoms with van der Waals surface area (Å²) in [5.41, 5.74) is 0. The molecule has 0 radical (unpaired) electrons. The van der Waals surface area contributed by atoms with Gasteiger partial charge in [-0.2, -0.15) is 0 Å². The molecule has 5 heteroatoms. The Balaban J connectivity index is 2.39. The average molecular weight is 241 g/mol. The fourth-order valence-electron chi connectivity index (χ4n) is 2.05. The Labute approximate surface area is 101 Å². The number of ether oxygens (including phenoxy) is 1. The average Bonchev–Trinajstić information content (AvgIpc) is 2.73. The third-order valence-electron chi connectivity index (χ3n) is 3.02. The normalized spacial score (nSPS) is 25.1. The van der Waals surface area contributed by atoms with Gasteiger partial charge in [0.25, 0.3) is 0 Å². The van der Waals surface area contributed by atoms with Crippen LogP contribution in [-0.2, 0) is 19.1 Å². The number of hydrogen-bond donors (Lipinski definition) is 1. The molecule has 0 aromatic carbocycles. The Morgan fingerprint density at radius 3 is 2.71 bits per heavy atom. The SMILES string of the molecule is CC[C@@H](C=O)NC(=O)[C@H]1CC[C@H](OC(C)=O)C1. The maximum absolute atomic E-state index is 11.8. The quantitative estimate of drug-likeness (QED) is 0.571. The van der Waals surface area contributed by atoms with Crippen LogP contribution in [0.5, 0.6) is 0 Å². The van der Waals surface area contributed by atoms with Crippen molar-refractivity contribution < 1.29 is 19.1 Å². The molecule has 3 atom stereocenters. The number of esters is 1. The van der Waals surface area contributed by atoms with Crippen LogP contribution in [0.4, 0.5) is 0 Å². The number of aldehydes is 1. The molecule has 0 aromatic rings. The number of hydrogen-bond acceptors (Lipinski definition) is 4. The largest absolute Gasteiger partial charge is 0.463 e. The summed E-state index contributed by atoms with van der Waals surface area (Å²) in [4.78, 5) is 33.2. The first kappa shape index (κ1) is 13.7. The number of nitrogens with one attached hydrogen (secondary N) is 1. The number of amides is 1. The molecule has 1 amide bonds. The van der Waals surface area contributed by atoms with Gasteiger partial charge >= 0.3 is 5.97 Å². The maximum atomic E-state index is 11.8. The van der Waals surface area contributed by atoms with E-state index in [1.54, 1.807) is 0 Å². The van der Waals surface area contributed by atoms with Crippen molar-refractivity contribution in [2.24, 2.45) is 5.92 Å². The van der Waals surface area contributed by atoms with Crippen molar-refractivity contribution in [2.75, 3.05) is 0 Å². The van der Waals surface area contributed by atoms with Crippen LogP contribution in [0, 0.1) is 5.92 Å².